The zero-order valence-corrected chi connectivity index (χ0v) is 9.80. The van der Waals surface area contributed by atoms with Crippen LogP contribution in [0.15, 0.2) is 23.1 Å². The first kappa shape index (κ1) is 13.7. The Hall–Kier alpha value is -1.41. The third-order valence-corrected chi connectivity index (χ3v) is 3.37. The number of rotatable bonds is 5. The number of nitrogens with two attached hydrogens (primary N) is 1. The van der Waals surface area contributed by atoms with E-state index in [1.165, 1.54) is 25.3 Å². The van der Waals surface area contributed by atoms with Crippen LogP contribution in [0.3, 0.4) is 0 Å². The van der Waals surface area contributed by atoms with E-state index in [0.717, 1.165) is 0 Å². The van der Waals surface area contributed by atoms with Crippen LogP contribution in [0.5, 0.6) is 5.75 Å². The number of benzene rings is 1. The summed E-state index contributed by atoms with van der Waals surface area (Å²) in [5.41, 5.74) is 5.77. The summed E-state index contributed by atoms with van der Waals surface area (Å²) in [5, 5.41) is 0. The average molecular weight is 266 g/mol. The first-order valence-corrected chi connectivity index (χ1v) is 6.06. The summed E-state index contributed by atoms with van der Waals surface area (Å²) in [6.07, 6.45) is -2.76. The van der Waals surface area contributed by atoms with E-state index >= 15 is 0 Å². The Labute approximate surface area is 97.6 Å². The van der Waals surface area contributed by atoms with Crippen molar-refractivity contribution in [3.05, 3.63) is 18.2 Å². The summed E-state index contributed by atoms with van der Waals surface area (Å²) < 4.78 is 53.8. The van der Waals surface area contributed by atoms with Gasteiger partial charge in [-0.05, 0) is 12.1 Å². The zero-order chi connectivity index (χ0) is 13.1. The Morgan fingerprint density at radius 1 is 1.47 bits per heavy atom. The van der Waals surface area contributed by atoms with Crippen molar-refractivity contribution in [1.82, 2.24) is 4.72 Å². The minimum atomic E-state index is -4.03. The lowest BCUT2D eigenvalue weighted by atomic mass is 10.3. The van der Waals surface area contributed by atoms with Gasteiger partial charge >= 0.3 is 0 Å². The summed E-state index contributed by atoms with van der Waals surface area (Å²) in [6.45, 7) is -0.949. The van der Waals surface area contributed by atoms with Gasteiger partial charge in [-0.15, -0.1) is 0 Å². The van der Waals surface area contributed by atoms with Crippen molar-refractivity contribution < 1.29 is 21.9 Å². The summed E-state index contributed by atoms with van der Waals surface area (Å²) in [6, 6.07) is 3.85. The molecule has 0 fully saturated rings. The number of alkyl halides is 2. The van der Waals surface area contributed by atoms with Gasteiger partial charge in [0.25, 0.3) is 6.43 Å². The molecule has 17 heavy (non-hydrogen) atoms. The maximum atomic E-state index is 11.9. The van der Waals surface area contributed by atoms with Crippen LogP contribution < -0.4 is 15.2 Å². The van der Waals surface area contributed by atoms with Crippen LogP contribution in [0, 0.1) is 0 Å². The van der Waals surface area contributed by atoms with E-state index in [-0.39, 0.29) is 10.6 Å². The fourth-order valence-corrected chi connectivity index (χ4v) is 2.31. The van der Waals surface area contributed by atoms with Crippen molar-refractivity contribution in [2.24, 2.45) is 0 Å². The van der Waals surface area contributed by atoms with Gasteiger partial charge in [0.1, 0.15) is 10.6 Å². The van der Waals surface area contributed by atoms with Crippen LogP contribution in [-0.4, -0.2) is 28.5 Å². The number of sulfonamides is 1. The second-order valence-corrected chi connectivity index (χ2v) is 4.89. The molecular weight excluding hydrogens is 254 g/mol. The number of halogens is 2. The predicted molar refractivity (Wildman–Crippen MR) is 58.6 cm³/mol. The smallest absolute Gasteiger partial charge is 0.251 e. The van der Waals surface area contributed by atoms with Gasteiger partial charge in [-0.25, -0.2) is 21.9 Å². The number of methoxy groups -OCH3 is 1. The molecule has 5 nitrogen and oxygen atoms in total. The van der Waals surface area contributed by atoms with Crippen LogP contribution in [0.25, 0.3) is 0 Å². The first-order valence-electron chi connectivity index (χ1n) is 4.58. The summed E-state index contributed by atoms with van der Waals surface area (Å²) >= 11 is 0. The fourth-order valence-electron chi connectivity index (χ4n) is 1.16. The van der Waals surface area contributed by atoms with Gasteiger partial charge in [-0.1, -0.05) is 0 Å². The monoisotopic (exact) mass is 266 g/mol. The summed E-state index contributed by atoms with van der Waals surface area (Å²) in [7, 11) is -2.76. The minimum Gasteiger partial charge on any atom is -0.495 e. The van der Waals surface area contributed by atoms with E-state index < -0.39 is 23.0 Å². The van der Waals surface area contributed by atoms with Gasteiger partial charge in [-0.3, -0.25) is 0 Å². The van der Waals surface area contributed by atoms with Crippen LogP contribution >= 0.6 is 0 Å². The Morgan fingerprint density at radius 3 is 2.65 bits per heavy atom. The quantitative estimate of drug-likeness (QED) is 0.773. The average Bonchev–Trinajstić information content (AvgIpc) is 2.26. The molecule has 1 aromatic rings. The second kappa shape index (κ2) is 5.28. The van der Waals surface area contributed by atoms with E-state index in [9.17, 15) is 17.2 Å². The zero-order valence-electron chi connectivity index (χ0n) is 8.98. The molecule has 0 bridgehead atoms. The van der Waals surface area contributed by atoms with Crippen molar-refractivity contribution >= 4 is 15.7 Å². The maximum absolute atomic E-state index is 11.9. The molecule has 0 spiro atoms. The van der Waals surface area contributed by atoms with E-state index in [0.29, 0.717) is 5.69 Å². The van der Waals surface area contributed by atoms with Gasteiger partial charge in [0.05, 0.1) is 13.7 Å². The lowest BCUT2D eigenvalue weighted by Gasteiger charge is -2.10. The molecule has 3 N–H and O–H groups in total. The van der Waals surface area contributed by atoms with Gasteiger partial charge in [0, 0.05) is 11.8 Å². The van der Waals surface area contributed by atoms with Gasteiger partial charge in [-0.2, -0.15) is 0 Å². The molecular formula is C9H12F2N2O3S. The number of anilines is 1. The van der Waals surface area contributed by atoms with Crippen LogP contribution in [0.1, 0.15) is 0 Å². The first-order chi connectivity index (χ1) is 7.86. The fraction of sp³-hybridized carbons (Fsp3) is 0.333. The molecule has 96 valence electrons. The highest BCUT2D eigenvalue weighted by atomic mass is 32.2. The Kier molecular flexibility index (Phi) is 4.24. The normalized spacial score (nSPS) is 11.8. The molecule has 0 amide bonds. The largest absolute Gasteiger partial charge is 0.495 e. The SMILES string of the molecule is COc1cc(N)ccc1S(=O)(=O)NCC(F)F. The van der Waals surface area contributed by atoms with Crippen LogP contribution in [0.2, 0.25) is 0 Å². The number of ether oxygens (including phenoxy) is 1. The molecule has 0 aliphatic rings. The van der Waals surface area contributed by atoms with E-state index in [4.69, 9.17) is 10.5 Å². The lowest BCUT2D eigenvalue weighted by Crippen LogP contribution is -2.29. The Balaban J connectivity index is 3.06. The maximum Gasteiger partial charge on any atom is 0.251 e. The Morgan fingerprint density at radius 2 is 2.12 bits per heavy atom. The third-order valence-electron chi connectivity index (χ3n) is 1.90. The van der Waals surface area contributed by atoms with Crippen LogP contribution in [0.4, 0.5) is 14.5 Å². The van der Waals surface area contributed by atoms with Crippen LogP contribution in [-0.2, 0) is 10.0 Å². The standard InChI is InChI=1S/C9H12F2N2O3S/c1-16-7-4-6(12)2-3-8(7)17(14,15)13-5-9(10)11/h2-4,9,13H,5,12H2,1H3. The highest BCUT2D eigenvalue weighted by Gasteiger charge is 2.20. The summed E-state index contributed by atoms with van der Waals surface area (Å²) in [5.74, 6) is 0.00627. The number of hydrogen-bond acceptors (Lipinski definition) is 4. The van der Waals surface area contributed by atoms with Gasteiger partial charge in [0.2, 0.25) is 10.0 Å². The van der Waals surface area contributed by atoms with E-state index in [1.54, 1.807) is 4.72 Å². The molecule has 1 rings (SSSR count). The molecule has 0 saturated heterocycles. The summed E-state index contributed by atoms with van der Waals surface area (Å²) in [4.78, 5) is -0.227. The molecule has 0 heterocycles. The number of nitrogen functional groups attached to an aromatic ring is 1. The molecule has 0 radical (unpaired) electrons. The number of nitrogens with one attached hydrogen (secondary N) is 1. The molecule has 0 saturated carbocycles. The molecule has 0 unspecified atom stereocenters. The Bertz CT molecular complexity index is 491. The van der Waals surface area contributed by atoms with Crippen molar-refractivity contribution in [2.75, 3.05) is 19.4 Å². The topological polar surface area (TPSA) is 81.4 Å². The molecule has 1 aromatic carbocycles. The molecule has 0 atom stereocenters. The highest BCUT2D eigenvalue weighted by Crippen LogP contribution is 2.25. The molecule has 0 aromatic heterocycles. The van der Waals surface area contributed by atoms with Crippen molar-refractivity contribution in [2.45, 2.75) is 11.3 Å². The predicted octanol–water partition coefficient (Wildman–Crippen LogP) is 0.821. The lowest BCUT2D eigenvalue weighted by molar-refractivity contribution is 0.153. The second-order valence-electron chi connectivity index (χ2n) is 3.15. The van der Waals surface area contributed by atoms with Crippen molar-refractivity contribution in [3.8, 4) is 5.75 Å². The van der Waals surface area contributed by atoms with E-state index in [1.807, 2.05) is 0 Å². The van der Waals surface area contributed by atoms with Gasteiger partial charge in [0.15, 0.2) is 0 Å². The van der Waals surface area contributed by atoms with E-state index in [2.05, 4.69) is 0 Å². The van der Waals surface area contributed by atoms with Crippen molar-refractivity contribution in [1.29, 1.82) is 0 Å². The number of hydrogen-bond donors (Lipinski definition) is 2. The highest BCUT2D eigenvalue weighted by molar-refractivity contribution is 7.89. The molecule has 8 heteroatoms. The van der Waals surface area contributed by atoms with Crippen molar-refractivity contribution in [3.63, 3.8) is 0 Å². The molecule has 0 aliphatic carbocycles. The molecule has 0 aliphatic heterocycles. The van der Waals surface area contributed by atoms with Gasteiger partial charge < -0.3 is 10.5 Å². The third kappa shape index (κ3) is 3.53. The minimum absolute atomic E-state index is 0.00627.